The lowest BCUT2D eigenvalue weighted by Crippen LogP contribution is -2.29. The molecule has 1 aromatic heterocycles. The summed E-state index contributed by atoms with van der Waals surface area (Å²) >= 11 is 0. The largest absolute Gasteiger partial charge is 0.486 e. The van der Waals surface area contributed by atoms with Gasteiger partial charge < -0.3 is 14.4 Å². The molecule has 3 aromatic rings. The zero-order valence-corrected chi connectivity index (χ0v) is 15.2. The first-order valence-electron chi connectivity index (χ1n) is 8.75. The van der Waals surface area contributed by atoms with Gasteiger partial charge in [-0.3, -0.25) is 4.79 Å². The maximum atomic E-state index is 12.9. The number of fused-ring (bicyclic) bond motifs is 1. The van der Waals surface area contributed by atoms with Crippen molar-refractivity contribution >= 4 is 5.91 Å². The summed E-state index contributed by atoms with van der Waals surface area (Å²) < 4.78 is 12.8. The standard InChI is InChI=1S/C20H20N4O3/c1-14(15-3-6-17(7-4-15)24-13-21-12-22-24)23(2)20(25)16-5-8-18-19(11-16)27-10-9-26-18/h3-8,11-14H,9-10H2,1-2H3/t14-/m0/s1. The minimum Gasteiger partial charge on any atom is -0.486 e. The van der Waals surface area contributed by atoms with Gasteiger partial charge in [-0.15, -0.1) is 0 Å². The molecule has 27 heavy (non-hydrogen) atoms. The van der Waals surface area contributed by atoms with Crippen LogP contribution in [-0.2, 0) is 0 Å². The number of carbonyl (C=O) groups is 1. The van der Waals surface area contributed by atoms with Crippen LogP contribution in [0.2, 0.25) is 0 Å². The second-order valence-electron chi connectivity index (χ2n) is 6.38. The van der Waals surface area contributed by atoms with Gasteiger partial charge in [0.15, 0.2) is 11.5 Å². The number of carbonyl (C=O) groups excluding carboxylic acids is 1. The van der Waals surface area contributed by atoms with E-state index in [0.717, 1.165) is 11.3 Å². The quantitative estimate of drug-likeness (QED) is 0.712. The molecule has 0 spiro atoms. The van der Waals surface area contributed by atoms with E-state index in [1.807, 2.05) is 31.2 Å². The van der Waals surface area contributed by atoms with Crippen LogP contribution in [0.3, 0.4) is 0 Å². The number of hydrogen-bond acceptors (Lipinski definition) is 5. The highest BCUT2D eigenvalue weighted by molar-refractivity contribution is 5.95. The third-order valence-corrected chi connectivity index (χ3v) is 4.75. The molecule has 0 saturated heterocycles. The minimum absolute atomic E-state index is 0.0696. The van der Waals surface area contributed by atoms with Gasteiger partial charge in [0, 0.05) is 12.6 Å². The molecule has 2 aromatic carbocycles. The molecule has 0 radical (unpaired) electrons. The van der Waals surface area contributed by atoms with Crippen LogP contribution in [0.5, 0.6) is 11.5 Å². The molecule has 4 rings (SSSR count). The predicted octanol–water partition coefficient (Wildman–Crippen LogP) is 2.87. The van der Waals surface area contributed by atoms with Crippen LogP contribution in [0.15, 0.2) is 55.1 Å². The van der Waals surface area contributed by atoms with E-state index in [2.05, 4.69) is 10.1 Å². The van der Waals surface area contributed by atoms with Crippen molar-refractivity contribution in [3.63, 3.8) is 0 Å². The van der Waals surface area contributed by atoms with E-state index < -0.39 is 0 Å². The van der Waals surface area contributed by atoms with E-state index in [-0.39, 0.29) is 11.9 Å². The molecule has 7 nitrogen and oxygen atoms in total. The van der Waals surface area contributed by atoms with Crippen LogP contribution in [0, 0.1) is 0 Å². The number of hydrogen-bond donors (Lipinski definition) is 0. The third-order valence-electron chi connectivity index (χ3n) is 4.75. The SMILES string of the molecule is C[C@@H](c1ccc(-n2cncn2)cc1)N(C)C(=O)c1ccc2c(c1)OCCO2. The van der Waals surface area contributed by atoms with Crippen LogP contribution in [-0.4, -0.2) is 45.8 Å². The minimum atomic E-state index is -0.0875. The van der Waals surface area contributed by atoms with Crippen molar-refractivity contribution < 1.29 is 14.3 Å². The third kappa shape index (κ3) is 3.36. The number of rotatable bonds is 4. The molecule has 2 heterocycles. The van der Waals surface area contributed by atoms with Gasteiger partial charge in [0.2, 0.25) is 0 Å². The number of amides is 1. The molecule has 7 heteroatoms. The molecule has 1 aliphatic heterocycles. The molecule has 1 aliphatic rings. The van der Waals surface area contributed by atoms with Crippen molar-refractivity contribution in [1.29, 1.82) is 0 Å². The van der Waals surface area contributed by atoms with Crippen LogP contribution in [0.1, 0.15) is 28.9 Å². The van der Waals surface area contributed by atoms with Gasteiger partial charge in [-0.05, 0) is 42.8 Å². The smallest absolute Gasteiger partial charge is 0.254 e. The molecule has 0 saturated carbocycles. The number of ether oxygens (including phenoxy) is 2. The van der Waals surface area contributed by atoms with Gasteiger partial charge in [0.25, 0.3) is 5.91 Å². The highest BCUT2D eigenvalue weighted by atomic mass is 16.6. The summed E-state index contributed by atoms with van der Waals surface area (Å²) in [5.74, 6) is 1.22. The van der Waals surface area contributed by atoms with Gasteiger partial charge in [-0.1, -0.05) is 12.1 Å². The maximum absolute atomic E-state index is 12.9. The Kier molecular flexibility index (Phi) is 4.50. The van der Waals surface area contributed by atoms with Gasteiger partial charge in [-0.25, -0.2) is 9.67 Å². The molecule has 0 bridgehead atoms. The topological polar surface area (TPSA) is 69.5 Å². The first kappa shape index (κ1) is 17.1. The van der Waals surface area contributed by atoms with Crippen molar-refractivity contribution in [2.45, 2.75) is 13.0 Å². The van der Waals surface area contributed by atoms with Crippen LogP contribution in [0.25, 0.3) is 5.69 Å². The van der Waals surface area contributed by atoms with Gasteiger partial charge in [0.1, 0.15) is 25.9 Å². The van der Waals surface area contributed by atoms with Crippen LogP contribution >= 0.6 is 0 Å². The Hall–Kier alpha value is -3.35. The summed E-state index contributed by atoms with van der Waals surface area (Å²) in [6, 6.07) is 13.1. The molecule has 0 unspecified atom stereocenters. The lowest BCUT2D eigenvalue weighted by Gasteiger charge is -2.26. The fourth-order valence-corrected chi connectivity index (χ4v) is 3.03. The van der Waals surface area contributed by atoms with E-state index in [1.54, 1.807) is 41.2 Å². The lowest BCUT2D eigenvalue weighted by atomic mass is 10.1. The van der Waals surface area contributed by atoms with Crippen molar-refractivity contribution in [2.75, 3.05) is 20.3 Å². The normalized spacial score (nSPS) is 13.9. The Labute approximate surface area is 157 Å². The Balaban J connectivity index is 1.51. The summed E-state index contributed by atoms with van der Waals surface area (Å²) in [6.45, 7) is 3.03. The first-order valence-corrected chi connectivity index (χ1v) is 8.75. The van der Waals surface area contributed by atoms with Crippen molar-refractivity contribution in [3.05, 3.63) is 66.2 Å². The van der Waals surface area contributed by atoms with Crippen molar-refractivity contribution in [1.82, 2.24) is 19.7 Å². The van der Waals surface area contributed by atoms with E-state index in [4.69, 9.17) is 9.47 Å². The monoisotopic (exact) mass is 364 g/mol. The van der Waals surface area contributed by atoms with Crippen LogP contribution < -0.4 is 9.47 Å². The Morgan fingerprint density at radius 1 is 1.11 bits per heavy atom. The fraction of sp³-hybridized carbons (Fsp3) is 0.250. The number of aromatic nitrogens is 3. The summed E-state index contributed by atoms with van der Waals surface area (Å²) in [5, 5.41) is 4.12. The Morgan fingerprint density at radius 2 is 1.85 bits per heavy atom. The van der Waals surface area contributed by atoms with E-state index in [9.17, 15) is 4.79 Å². The molecule has 1 atom stereocenters. The second-order valence-corrected chi connectivity index (χ2v) is 6.38. The van der Waals surface area contributed by atoms with Gasteiger partial charge >= 0.3 is 0 Å². The second kappa shape index (κ2) is 7.11. The van der Waals surface area contributed by atoms with E-state index >= 15 is 0 Å². The highest BCUT2D eigenvalue weighted by Gasteiger charge is 2.21. The lowest BCUT2D eigenvalue weighted by molar-refractivity contribution is 0.0741. The van der Waals surface area contributed by atoms with E-state index in [0.29, 0.717) is 30.3 Å². The molecule has 0 N–H and O–H groups in total. The highest BCUT2D eigenvalue weighted by Crippen LogP contribution is 2.32. The fourth-order valence-electron chi connectivity index (χ4n) is 3.03. The summed E-state index contributed by atoms with van der Waals surface area (Å²) in [7, 11) is 1.80. The predicted molar refractivity (Wildman–Crippen MR) is 99.3 cm³/mol. The zero-order chi connectivity index (χ0) is 18.8. The van der Waals surface area contributed by atoms with Gasteiger partial charge in [0.05, 0.1) is 11.7 Å². The van der Waals surface area contributed by atoms with E-state index in [1.165, 1.54) is 6.33 Å². The maximum Gasteiger partial charge on any atom is 0.254 e. The van der Waals surface area contributed by atoms with Crippen LogP contribution in [0.4, 0.5) is 0 Å². The molecular weight excluding hydrogens is 344 g/mol. The summed E-state index contributed by atoms with van der Waals surface area (Å²) in [6.07, 6.45) is 3.15. The molecule has 138 valence electrons. The average Bonchev–Trinajstić information content (AvgIpc) is 3.27. The molecule has 0 fully saturated rings. The Bertz CT molecular complexity index is 938. The summed E-state index contributed by atoms with van der Waals surface area (Å²) in [5.41, 5.74) is 2.53. The molecule has 1 amide bonds. The van der Waals surface area contributed by atoms with Crippen molar-refractivity contribution in [3.8, 4) is 17.2 Å². The summed E-state index contributed by atoms with van der Waals surface area (Å²) in [4.78, 5) is 18.6. The average molecular weight is 364 g/mol. The molecule has 0 aliphatic carbocycles. The number of benzene rings is 2. The molecular formula is C20H20N4O3. The number of nitrogens with zero attached hydrogens (tertiary/aromatic N) is 4. The Morgan fingerprint density at radius 3 is 2.56 bits per heavy atom. The first-order chi connectivity index (χ1) is 13.1. The zero-order valence-electron chi connectivity index (χ0n) is 15.2. The van der Waals surface area contributed by atoms with Crippen molar-refractivity contribution in [2.24, 2.45) is 0 Å². The van der Waals surface area contributed by atoms with Gasteiger partial charge in [-0.2, -0.15) is 5.10 Å².